The van der Waals surface area contributed by atoms with Crippen LogP contribution >= 0.6 is 0 Å². The van der Waals surface area contributed by atoms with Crippen LogP contribution in [-0.4, -0.2) is 29.9 Å². The van der Waals surface area contributed by atoms with Crippen molar-refractivity contribution in [2.24, 2.45) is 0 Å². The van der Waals surface area contributed by atoms with E-state index in [9.17, 15) is 4.79 Å². The number of ether oxygens (including phenoxy) is 2. The molecule has 6 heteroatoms. The third-order valence-electron chi connectivity index (χ3n) is 4.54. The first-order chi connectivity index (χ1) is 12.7. The monoisotopic (exact) mass is 349 g/mol. The van der Waals surface area contributed by atoms with Crippen molar-refractivity contribution >= 4 is 11.7 Å². The molecule has 4 rings (SSSR count). The molecule has 1 N–H and O–H groups in total. The van der Waals surface area contributed by atoms with E-state index in [0.717, 1.165) is 30.0 Å². The Labute approximate surface area is 151 Å². The average molecular weight is 349 g/mol. The zero-order chi connectivity index (χ0) is 18.1. The van der Waals surface area contributed by atoms with Crippen LogP contribution in [0.4, 0.5) is 5.82 Å². The number of benzene rings is 2. The Morgan fingerprint density at radius 1 is 1.08 bits per heavy atom. The standard InChI is InChI=1S/C20H19N3O3/c1-25-17-10-14-8-9-23-16(15(14)11-18(17)26-2)12-19(22-23)21-20(24)13-6-4-3-5-7-13/h3-7,10-12H,8-9H2,1-2H3,(H,21,22,24). The topological polar surface area (TPSA) is 65.4 Å². The number of hydrogen-bond donors (Lipinski definition) is 1. The number of nitrogens with one attached hydrogen (secondary N) is 1. The quantitative estimate of drug-likeness (QED) is 0.784. The highest BCUT2D eigenvalue weighted by Crippen LogP contribution is 2.39. The first-order valence-electron chi connectivity index (χ1n) is 8.39. The minimum Gasteiger partial charge on any atom is -0.493 e. The Morgan fingerprint density at radius 2 is 1.81 bits per heavy atom. The van der Waals surface area contributed by atoms with Crippen LogP contribution < -0.4 is 14.8 Å². The van der Waals surface area contributed by atoms with E-state index in [4.69, 9.17) is 9.47 Å². The predicted molar refractivity (Wildman–Crippen MR) is 98.9 cm³/mol. The van der Waals surface area contributed by atoms with Crippen LogP contribution in [0.1, 0.15) is 15.9 Å². The fourth-order valence-corrected chi connectivity index (χ4v) is 3.24. The molecule has 0 radical (unpaired) electrons. The normalized spacial score (nSPS) is 12.1. The van der Waals surface area contributed by atoms with Crippen molar-refractivity contribution < 1.29 is 14.3 Å². The van der Waals surface area contributed by atoms with E-state index in [1.54, 1.807) is 26.4 Å². The molecule has 1 aliphatic rings. The minimum absolute atomic E-state index is 0.173. The summed E-state index contributed by atoms with van der Waals surface area (Å²) in [6.45, 7) is 0.749. The summed E-state index contributed by atoms with van der Waals surface area (Å²) in [6.07, 6.45) is 0.844. The fourth-order valence-electron chi connectivity index (χ4n) is 3.24. The second-order valence-electron chi connectivity index (χ2n) is 6.07. The summed E-state index contributed by atoms with van der Waals surface area (Å²) in [7, 11) is 3.25. The van der Waals surface area contributed by atoms with Crippen molar-refractivity contribution in [2.45, 2.75) is 13.0 Å². The Kier molecular flexibility index (Phi) is 4.08. The molecule has 0 aliphatic carbocycles. The van der Waals surface area contributed by atoms with Gasteiger partial charge >= 0.3 is 0 Å². The Hall–Kier alpha value is -3.28. The van der Waals surface area contributed by atoms with Gasteiger partial charge in [-0.25, -0.2) is 0 Å². The van der Waals surface area contributed by atoms with Gasteiger partial charge in [0.2, 0.25) is 0 Å². The summed E-state index contributed by atoms with van der Waals surface area (Å²) in [6, 6.07) is 15.0. The number of hydrogen-bond acceptors (Lipinski definition) is 4. The lowest BCUT2D eigenvalue weighted by molar-refractivity contribution is 0.102. The van der Waals surface area contributed by atoms with Crippen LogP contribution in [0, 0.1) is 0 Å². The SMILES string of the molecule is COc1cc2c(cc1OC)-c1cc(NC(=O)c3ccccc3)nn1CC2. The van der Waals surface area contributed by atoms with E-state index in [0.29, 0.717) is 17.1 Å². The number of aryl methyl sites for hydroxylation is 2. The lowest BCUT2D eigenvalue weighted by atomic mass is 9.98. The van der Waals surface area contributed by atoms with Crippen LogP contribution in [0.15, 0.2) is 48.5 Å². The maximum Gasteiger partial charge on any atom is 0.256 e. The van der Waals surface area contributed by atoms with Crippen molar-refractivity contribution in [1.29, 1.82) is 0 Å². The molecule has 0 spiro atoms. The van der Waals surface area contributed by atoms with Crippen LogP contribution in [0.3, 0.4) is 0 Å². The third kappa shape index (κ3) is 2.79. The zero-order valence-electron chi connectivity index (χ0n) is 14.7. The number of nitrogens with zero attached hydrogens (tertiary/aromatic N) is 2. The molecule has 1 amide bonds. The van der Waals surface area contributed by atoms with E-state index in [1.807, 2.05) is 41.1 Å². The first kappa shape index (κ1) is 16.2. The van der Waals surface area contributed by atoms with Gasteiger partial charge in [-0.3, -0.25) is 9.48 Å². The molecule has 6 nitrogen and oxygen atoms in total. The van der Waals surface area contributed by atoms with E-state index in [1.165, 1.54) is 5.56 Å². The van der Waals surface area contributed by atoms with Gasteiger partial charge in [0, 0.05) is 23.7 Å². The summed E-state index contributed by atoms with van der Waals surface area (Å²) in [5, 5.41) is 7.40. The van der Waals surface area contributed by atoms with E-state index in [2.05, 4.69) is 10.4 Å². The third-order valence-corrected chi connectivity index (χ3v) is 4.54. The molecule has 1 aromatic heterocycles. The summed E-state index contributed by atoms with van der Waals surface area (Å²) >= 11 is 0. The van der Waals surface area contributed by atoms with Crippen molar-refractivity contribution in [3.8, 4) is 22.8 Å². The number of methoxy groups -OCH3 is 2. The molecular formula is C20H19N3O3. The van der Waals surface area contributed by atoms with E-state index < -0.39 is 0 Å². The van der Waals surface area contributed by atoms with E-state index in [-0.39, 0.29) is 5.91 Å². The molecule has 3 aromatic rings. The number of anilines is 1. The van der Waals surface area contributed by atoms with Gasteiger partial charge in [0.25, 0.3) is 5.91 Å². The molecule has 0 saturated heterocycles. The van der Waals surface area contributed by atoms with Gasteiger partial charge in [0.15, 0.2) is 17.3 Å². The van der Waals surface area contributed by atoms with Gasteiger partial charge < -0.3 is 14.8 Å². The maximum atomic E-state index is 12.4. The molecule has 1 aliphatic heterocycles. The lowest BCUT2D eigenvalue weighted by Crippen LogP contribution is -2.14. The highest BCUT2D eigenvalue weighted by atomic mass is 16.5. The number of amides is 1. The molecule has 0 unspecified atom stereocenters. The van der Waals surface area contributed by atoms with Gasteiger partial charge in [0.05, 0.1) is 19.9 Å². The molecule has 2 heterocycles. The first-order valence-corrected chi connectivity index (χ1v) is 8.39. The molecule has 0 saturated carbocycles. The van der Waals surface area contributed by atoms with Gasteiger partial charge in [0.1, 0.15) is 0 Å². The van der Waals surface area contributed by atoms with Crippen molar-refractivity contribution in [1.82, 2.24) is 9.78 Å². The van der Waals surface area contributed by atoms with Gasteiger partial charge in [-0.2, -0.15) is 5.10 Å². The minimum atomic E-state index is -0.173. The summed E-state index contributed by atoms with van der Waals surface area (Å²) in [5.41, 5.74) is 3.78. The number of fused-ring (bicyclic) bond motifs is 3. The smallest absolute Gasteiger partial charge is 0.256 e. The maximum absolute atomic E-state index is 12.4. The lowest BCUT2D eigenvalue weighted by Gasteiger charge is -2.20. The second-order valence-corrected chi connectivity index (χ2v) is 6.07. The van der Waals surface area contributed by atoms with Crippen LogP contribution in [0.5, 0.6) is 11.5 Å². The Bertz CT molecular complexity index is 964. The highest BCUT2D eigenvalue weighted by molar-refractivity contribution is 6.04. The van der Waals surface area contributed by atoms with Crippen molar-refractivity contribution in [3.63, 3.8) is 0 Å². The van der Waals surface area contributed by atoms with Crippen molar-refractivity contribution in [2.75, 3.05) is 19.5 Å². The van der Waals surface area contributed by atoms with Crippen LogP contribution in [0.25, 0.3) is 11.3 Å². The molecule has 2 aromatic carbocycles. The summed E-state index contributed by atoms with van der Waals surface area (Å²) in [4.78, 5) is 12.4. The van der Waals surface area contributed by atoms with Crippen molar-refractivity contribution in [3.05, 3.63) is 59.7 Å². The Balaban J connectivity index is 1.67. The summed E-state index contributed by atoms with van der Waals surface area (Å²) in [5.74, 6) is 1.76. The molecule has 0 fully saturated rings. The molecular weight excluding hydrogens is 330 g/mol. The predicted octanol–water partition coefficient (Wildman–Crippen LogP) is 3.38. The molecule has 0 atom stereocenters. The van der Waals surface area contributed by atoms with Gasteiger partial charge in [-0.15, -0.1) is 0 Å². The number of rotatable bonds is 4. The molecule has 26 heavy (non-hydrogen) atoms. The molecule has 132 valence electrons. The average Bonchev–Trinajstić information content (AvgIpc) is 3.10. The number of aromatic nitrogens is 2. The van der Waals surface area contributed by atoms with E-state index >= 15 is 0 Å². The Morgan fingerprint density at radius 3 is 2.54 bits per heavy atom. The zero-order valence-corrected chi connectivity index (χ0v) is 14.7. The molecule has 0 bridgehead atoms. The number of carbonyl (C=O) groups excluding carboxylic acids is 1. The summed E-state index contributed by atoms with van der Waals surface area (Å²) < 4.78 is 12.7. The van der Waals surface area contributed by atoms with Gasteiger partial charge in [-0.1, -0.05) is 18.2 Å². The van der Waals surface area contributed by atoms with Crippen LogP contribution in [0.2, 0.25) is 0 Å². The fraction of sp³-hybridized carbons (Fsp3) is 0.200. The second kappa shape index (κ2) is 6.55. The van der Waals surface area contributed by atoms with Crippen LogP contribution in [-0.2, 0) is 13.0 Å². The largest absolute Gasteiger partial charge is 0.493 e. The number of carbonyl (C=O) groups is 1. The van der Waals surface area contributed by atoms with Gasteiger partial charge in [-0.05, 0) is 36.2 Å². The highest BCUT2D eigenvalue weighted by Gasteiger charge is 2.22.